The molecular formula is C9H10O2S. The number of allylic oxidation sites excluding steroid dienone is 2. The number of hydrogen-bond donors (Lipinski definition) is 0. The Morgan fingerprint density at radius 2 is 2.17 bits per heavy atom. The van der Waals surface area contributed by atoms with Crippen molar-refractivity contribution in [3.63, 3.8) is 0 Å². The van der Waals surface area contributed by atoms with Crippen molar-refractivity contribution in [2.75, 3.05) is 0 Å². The van der Waals surface area contributed by atoms with E-state index in [1.807, 2.05) is 26.0 Å². The number of hydrogen-bond acceptors (Lipinski definition) is 2. The molecule has 64 valence electrons. The van der Waals surface area contributed by atoms with E-state index in [1.54, 1.807) is 11.5 Å². The van der Waals surface area contributed by atoms with Gasteiger partial charge in [-0.15, -0.1) is 0 Å². The average molecular weight is 182 g/mol. The SMILES string of the molecule is CC1(C)C=CC2=C(C=CS2=O)O1. The van der Waals surface area contributed by atoms with E-state index in [-0.39, 0.29) is 5.60 Å². The van der Waals surface area contributed by atoms with Crippen molar-refractivity contribution in [1.82, 2.24) is 0 Å². The largest absolute Gasteiger partial charge is 0.482 e. The van der Waals surface area contributed by atoms with Crippen molar-refractivity contribution >= 4 is 10.8 Å². The van der Waals surface area contributed by atoms with Crippen molar-refractivity contribution in [3.8, 4) is 0 Å². The molecule has 1 unspecified atom stereocenters. The first kappa shape index (κ1) is 7.80. The lowest BCUT2D eigenvalue weighted by molar-refractivity contribution is 0.0830. The lowest BCUT2D eigenvalue weighted by Gasteiger charge is -2.26. The molecule has 1 atom stereocenters. The lowest BCUT2D eigenvalue weighted by atomic mass is 10.1. The van der Waals surface area contributed by atoms with Gasteiger partial charge in [0.25, 0.3) is 0 Å². The maximum absolute atomic E-state index is 11.3. The molecule has 0 saturated carbocycles. The molecule has 0 spiro atoms. The van der Waals surface area contributed by atoms with Crippen molar-refractivity contribution < 1.29 is 8.95 Å². The standard InChI is InChI=1S/C9H10O2S/c1-9(2)5-3-8-7(11-9)4-6-12(8)10/h3-6H,1-2H3. The minimum Gasteiger partial charge on any atom is -0.482 e. The summed E-state index contributed by atoms with van der Waals surface area (Å²) in [5, 5.41) is 1.65. The summed E-state index contributed by atoms with van der Waals surface area (Å²) in [5.41, 5.74) is -0.266. The van der Waals surface area contributed by atoms with E-state index < -0.39 is 10.8 Å². The van der Waals surface area contributed by atoms with Crippen LogP contribution >= 0.6 is 0 Å². The minimum absolute atomic E-state index is 0.266. The van der Waals surface area contributed by atoms with Crippen LogP contribution in [-0.4, -0.2) is 9.81 Å². The Morgan fingerprint density at radius 3 is 2.92 bits per heavy atom. The summed E-state index contributed by atoms with van der Waals surface area (Å²) < 4.78 is 16.8. The topological polar surface area (TPSA) is 26.3 Å². The summed E-state index contributed by atoms with van der Waals surface area (Å²) in [6.07, 6.45) is 5.59. The molecule has 0 N–H and O–H groups in total. The molecule has 2 rings (SSSR count). The predicted octanol–water partition coefficient (Wildman–Crippen LogP) is 1.84. The molecule has 3 heteroatoms. The molecule has 12 heavy (non-hydrogen) atoms. The molecule has 0 aromatic carbocycles. The Hall–Kier alpha value is -0.830. The van der Waals surface area contributed by atoms with Crippen LogP contribution in [0.4, 0.5) is 0 Å². The zero-order valence-electron chi connectivity index (χ0n) is 7.03. The fraction of sp³-hybridized carbons (Fsp3) is 0.333. The Bertz CT molecular complexity index is 334. The van der Waals surface area contributed by atoms with Crippen molar-refractivity contribution in [3.05, 3.63) is 34.3 Å². The molecule has 0 saturated heterocycles. The summed E-state index contributed by atoms with van der Waals surface area (Å²) in [4.78, 5) is 0.786. The van der Waals surface area contributed by atoms with Gasteiger partial charge in [0.05, 0.1) is 15.7 Å². The van der Waals surface area contributed by atoms with Gasteiger partial charge >= 0.3 is 0 Å². The van der Waals surface area contributed by atoms with E-state index in [0.29, 0.717) is 0 Å². The summed E-state index contributed by atoms with van der Waals surface area (Å²) in [6, 6.07) is 0. The molecule has 0 aliphatic carbocycles. The third kappa shape index (κ3) is 1.14. The van der Waals surface area contributed by atoms with E-state index in [0.717, 1.165) is 10.7 Å². The molecular weight excluding hydrogens is 172 g/mol. The number of rotatable bonds is 0. The van der Waals surface area contributed by atoms with Crippen LogP contribution in [-0.2, 0) is 15.5 Å². The first-order valence-electron chi connectivity index (χ1n) is 3.80. The molecule has 0 amide bonds. The minimum atomic E-state index is -0.985. The summed E-state index contributed by atoms with van der Waals surface area (Å²) in [6.45, 7) is 3.95. The van der Waals surface area contributed by atoms with Crippen molar-refractivity contribution in [1.29, 1.82) is 0 Å². The zero-order valence-corrected chi connectivity index (χ0v) is 7.85. The highest BCUT2D eigenvalue weighted by atomic mass is 32.2. The molecule has 2 aliphatic rings. The highest BCUT2D eigenvalue weighted by Crippen LogP contribution is 2.31. The van der Waals surface area contributed by atoms with Crippen LogP contribution in [0.25, 0.3) is 0 Å². The van der Waals surface area contributed by atoms with Crippen LogP contribution < -0.4 is 0 Å². The second-order valence-corrected chi connectivity index (χ2v) is 4.67. The van der Waals surface area contributed by atoms with Crippen LogP contribution in [0.2, 0.25) is 0 Å². The maximum atomic E-state index is 11.3. The summed E-state index contributed by atoms with van der Waals surface area (Å²) in [5.74, 6) is 0.751. The van der Waals surface area contributed by atoms with Crippen LogP contribution in [0, 0.1) is 0 Å². The monoisotopic (exact) mass is 182 g/mol. The van der Waals surface area contributed by atoms with Gasteiger partial charge < -0.3 is 4.74 Å². The second kappa shape index (κ2) is 2.33. The molecule has 0 fully saturated rings. The van der Waals surface area contributed by atoms with Gasteiger partial charge in [0.1, 0.15) is 11.4 Å². The number of ether oxygens (including phenoxy) is 1. The van der Waals surface area contributed by atoms with Gasteiger partial charge in [-0.1, -0.05) is 0 Å². The van der Waals surface area contributed by atoms with Crippen LogP contribution in [0.15, 0.2) is 34.3 Å². The summed E-state index contributed by atoms with van der Waals surface area (Å²) in [7, 11) is -0.985. The van der Waals surface area contributed by atoms with Gasteiger partial charge in [0.15, 0.2) is 0 Å². The normalized spacial score (nSPS) is 30.3. The molecule has 2 aliphatic heterocycles. The molecule has 2 heterocycles. The Balaban J connectivity index is 2.39. The third-order valence-corrected chi connectivity index (χ3v) is 2.97. The van der Waals surface area contributed by atoms with Gasteiger partial charge in [-0.3, -0.25) is 0 Å². The summed E-state index contributed by atoms with van der Waals surface area (Å²) >= 11 is 0. The quantitative estimate of drug-likeness (QED) is 0.571. The maximum Gasteiger partial charge on any atom is 0.137 e. The van der Waals surface area contributed by atoms with Crippen LogP contribution in [0.5, 0.6) is 0 Å². The van der Waals surface area contributed by atoms with Crippen LogP contribution in [0.3, 0.4) is 0 Å². The van der Waals surface area contributed by atoms with Gasteiger partial charge in [0.2, 0.25) is 0 Å². The molecule has 0 aromatic heterocycles. The molecule has 0 aromatic rings. The van der Waals surface area contributed by atoms with Crippen molar-refractivity contribution in [2.45, 2.75) is 19.4 Å². The highest BCUT2D eigenvalue weighted by Gasteiger charge is 2.26. The Kier molecular flexibility index (Phi) is 1.51. The van der Waals surface area contributed by atoms with Gasteiger partial charge in [0, 0.05) is 5.41 Å². The van der Waals surface area contributed by atoms with Crippen LogP contribution in [0.1, 0.15) is 13.8 Å². The fourth-order valence-corrected chi connectivity index (χ4v) is 2.11. The van der Waals surface area contributed by atoms with E-state index in [1.165, 1.54) is 0 Å². The van der Waals surface area contributed by atoms with Gasteiger partial charge in [-0.05, 0) is 32.1 Å². The molecule has 0 bridgehead atoms. The Labute approximate surface area is 74.1 Å². The fourth-order valence-electron chi connectivity index (χ4n) is 1.21. The highest BCUT2D eigenvalue weighted by molar-refractivity contribution is 7.92. The van der Waals surface area contributed by atoms with E-state index in [4.69, 9.17) is 4.74 Å². The zero-order chi connectivity index (χ0) is 8.77. The molecule has 2 nitrogen and oxygen atoms in total. The molecule has 0 radical (unpaired) electrons. The second-order valence-electron chi connectivity index (χ2n) is 3.37. The van der Waals surface area contributed by atoms with Gasteiger partial charge in [-0.25, -0.2) is 4.21 Å². The first-order chi connectivity index (χ1) is 5.58. The first-order valence-corrected chi connectivity index (χ1v) is 5.01. The van der Waals surface area contributed by atoms with E-state index in [2.05, 4.69) is 0 Å². The van der Waals surface area contributed by atoms with Gasteiger partial charge in [-0.2, -0.15) is 0 Å². The van der Waals surface area contributed by atoms with Crippen molar-refractivity contribution in [2.24, 2.45) is 0 Å². The predicted molar refractivity (Wildman–Crippen MR) is 48.6 cm³/mol. The lowest BCUT2D eigenvalue weighted by Crippen LogP contribution is -2.23. The van der Waals surface area contributed by atoms with E-state index >= 15 is 0 Å². The van der Waals surface area contributed by atoms with E-state index in [9.17, 15) is 4.21 Å². The smallest absolute Gasteiger partial charge is 0.137 e. The third-order valence-electron chi connectivity index (χ3n) is 1.81. The average Bonchev–Trinajstić information content (AvgIpc) is 2.30. The Morgan fingerprint density at radius 1 is 1.42 bits per heavy atom.